The van der Waals surface area contributed by atoms with Crippen LogP contribution in [0, 0.1) is 11.8 Å². The summed E-state index contributed by atoms with van der Waals surface area (Å²) in [6, 6.07) is 8.10. The highest BCUT2D eigenvalue weighted by Gasteiger charge is 2.29. The molecule has 4 nitrogen and oxygen atoms in total. The Labute approximate surface area is 120 Å². The molecule has 2 N–H and O–H groups in total. The monoisotopic (exact) mass is 276 g/mol. The van der Waals surface area contributed by atoms with Crippen molar-refractivity contribution in [2.75, 3.05) is 19.7 Å². The Morgan fingerprint density at radius 3 is 2.75 bits per heavy atom. The first-order valence-electron chi connectivity index (χ1n) is 7.35. The molecular formula is C16H24N2O2. The first-order valence-corrected chi connectivity index (χ1v) is 7.35. The first kappa shape index (κ1) is 15.0. The van der Waals surface area contributed by atoms with Crippen molar-refractivity contribution in [3.63, 3.8) is 0 Å². The van der Waals surface area contributed by atoms with E-state index in [0.29, 0.717) is 25.7 Å². The van der Waals surface area contributed by atoms with Gasteiger partial charge < -0.3 is 15.4 Å². The molecule has 1 heterocycles. The minimum absolute atomic E-state index is 0.0917. The highest BCUT2D eigenvalue weighted by atomic mass is 16.5. The molecule has 4 heteroatoms. The normalized spacial score (nSPS) is 21.9. The quantitative estimate of drug-likeness (QED) is 0.831. The van der Waals surface area contributed by atoms with Crippen LogP contribution in [-0.4, -0.2) is 25.6 Å². The molecule has 0 aliphatic carbocycles. The topological polar surface area (TPSA) is 50.4 Å². The Morgan fingerprint density at radius 1 is 1.35 bits per heavy atom. The maximum absolute atomic E-state index is 12.2. The number of hydrogen-bond donors (Lipinski definition) is 2. The minimum atomic E-state index is 0.0917. The van der Waals surface area contributed by atoms with Gasteiger partial charge in [0, 0.05) is 19.7 Å². The van der Waals surface area contributed by atoms with E-state index >= 15 is 0 Å². The van der Waals surface area contributed by atoms with E-state index in [4.69, 9.17) is 4.74 Å². The summed E-state index contributed by atoms with van der Waals surface area (Å²) in [5.74, 6) is 0.649. The van der Waals surface area contributed by atoms with Crippen LogP contribution in [0.2, 0.25) is 0 Å². The van der Waals surface area contributed by atoms with Gasteiger partial charge in [0.25, 0.3) is 0 Å². The van der Waals surface area contributed by atoms with Crippen molar-refractivity contribution in [1.29, 1.82) is 0 Å². The molecule has 20 heavy (non-hydrogen) atoms. The Bertz CT molecular complexity index is 448. The average Bonchev–Trinajstić information content (AvgIpc) is 2.89. The largest absolute Gasteiger partial charge is 0.377 e. The van der Waals surface area contributed by atoms with Gasteiger partial charge in [0.05, 0.1) is 12.5 Å². The minimum Gasteiger partial charge on any atom is -0.377 e. The third-order valence-corrected chi connectivity index (χ3v) is 3.89. The number of nitrogens with one attached hydrogen (secondary N) is 2. The van der Waals surface area contributed by atoms with Crippen molar-refractivity contribution in [3.8, 4) is 0 Å². The molecule has 1 aromatic carbocycles. The van der Waals surface area contributed by atoms with E-state index in [2.05, 4.69) is 23.6 Å². The molecule has 0 saturated carbocycles. The van der Waals surface area contributed by atoms with E-state index in [0.717, 1.165) is 24.2 Å². The van der Waals surface area contributed by atoms with Gasteiger partial charge in [-0.1, -0.05) is 31.2 Å². The summed E-state index contributed by atoms with van der Waals surface area (Å²) >= 11 is 0. The molecule has 0 spiro atoms. The molecule has 0 unspecified atom stereocenters. The summed E-state index contributed by atoms with van der Waals surface area (Å²) < 4.78 is 5.46. The molecule has 110 valence electrons. The number of carbonyl (C=O) groups is 1. The molecule has 0 aromatic heterocycles. The number of hydrogen-bond acceptors (Lipinski definition) is 3. The number of rotatable bonds is 6. The fourth-order valence-electron chi connectivity index (χ4n) is 2.56. The third kappa shape index (κ3) is 3.81. The van der Waals surface area contributed by atoms with Gasteiger partial charge in [-0.15, -0.1) is 0 Å². The summed E-state index contributed by atoms with van der Waals surface area (Å²) in [5.41, 5.74) is 2.28. The number of benzene rings is 1. The van der Waals surface area contributed by atoms with Gasteiger partial charge >= 0.3 is 0 Å². The summed E-state index contributed by atoms with van der Waals surface area (Å²) in [5, 5.41) is 6.31. The maximum atomic E-state index is 12.2. The van der Waals surface area contributed by atoms with E-state index in [1.165, 1.54) is 0 Å². The summed E-state index contributed by atoms with van der Waals surface area (Å²) in [7, 11) is 0. The van der Waals surface area contributed by atoms with Crippen molar-refractivity contribution in [3.05, 3.63) is 35.4 Å². The molecule has 0 bridgehead atoms. The van der Waals surface area contributed by atoms with Crippen LogP contribution in [0.1, 0.15) is 25.0 Å². The van der Waals surface area contributed by atoms with Crippen LogP contribution >= 0.6 is 0 Å². The molecule has 1 aliphatic rings. The Balaban J connectivity index is 1.91. The number of carbonyl (C=O) groups excluding carboxylic acids is 1. The number of ether oxygens (including phenoxy) is 1. The maximum Gasteiger partial charge on any atom is 0.224 e. The summed E-state index contributed by atoms with van der Waals surface area (Å²) in [6.45, 7) is 7.69. The zero-order chi connectivity index (χ0) is 14.4. The van der Waals surface area contributed by atoms with E-state index < -0.39 is 0 Å². The lowest BCUT2D eigenvalue weighted by Gasteiger charge is -2.15. The molecule has 1 amide bonds. The highest BCUT2D eigenvalue weighted by Crippen LogP contribution is 2.16. The fraction of sp³-hybridized carbons (Fsp3) is 0.562. The number of amides is 1. The molecule has 1 aromatic rings. The van der Waals surface area contributed by atoms with Gasteiger partial charge in [-0.05, 0) is 30.5 Å². The fourth-order valence-corrected chi connectivity index (χ4v) is 2.56. The lowest BCUT2D eigenvalue weighted by molar-refractivity contribution is -0.125. The molecule has 1 fully saturated rings. The predicted octanol–water partition coefficient (Wildman–Crippen LogP) is 1.69. The van der Waals surface area contributed by atoms with Gasteiger partial charge in [-0.3, -0.25) is 4.79 Å². The van der Waals surface area contributed by atoms with Gasteiger partial charge in [0.1, 0.15) is 0 Å². The van der Waals surface area contributed by atoms with Gasteiger partial charge in [-0.2, -0.15) is 0 Å². The lowest BCUT2D eigenvalue weighted by Crippen LogP contribution is -2.34. The Morgan fingerprint density at radius 2 is 2.10 bits per heavy atom. The van der Waals surface area contributed by atoms with Crippen LogP contribution in [0.25, 0.3) is 0 Å². The van der Waals surface area contributed by atoms with E-state index in [9.17, 15) is 4.79 Å². The second-order valence-corrected chi connectivity index (χ2v) is 5.37. The summed E-state index contributed by atoms with van der Waals surface area (Å²) in [4.78, 5) is 12.2. The zero-order valence-electron chi connectivity index (χ0n) is 12.3. The van der Waals surface area contributed by atoms with Crippen molar-refractivity contribution in [2.24, 2.45) is 11.8 Å². The first-order chi connectivity index (χ1) is 9.72. The Kier molecular flexibility index (Phi) is 5.56. The van der Waals surface area contributed by atoms with Crippen molar-refractivity contribution >= 4 is 5.91 Å². The molecule has 0 radical (unpaired) electrons. The Hall–Kier alpha value is -1.39. The molecular weight excluding hydrogens is 252 g/mol. The molecule has 2 atom stereocenters. The second-order valence-electron chi connectivity index (χ2n) is 5.37. The van der Waals surface area contributed by atoms with Crippen LogP contribution in [0.3, 0.4) is 0 Å². The highest BCUT2D eigenvalue weighted by molar-refractivity contribution is 5.79. The van der Waals surface area contributed by atoms with E-state index in [1.54, 1.807) is 0 Å². The van der Waals surface area contributed by atoms with Crippen LogP contribution in [-0.2, 0) is 22.7 Å². The van der Waals surface area contributed by atoms with Crippen LogP contribution in [0.4, 0.5) is 0 Å². The van der Waals surface area contributed by atoms with Crippen LogP contribution < -0.4 is 10.6 Å². The van der Waals surface area contributed by atoms with Crippen LogP contribution in [0.15, 0.2) is 24.3 Å². The average molecular weight is 276 g/mol. The van der Waals surface area contributed by atoms with Crippen molar-refractivity contribution in [2.45, 2.75) is 27.0 Å². The second kappa shape index (κ2) is 7.41. The third-order valence-electron chi connectivity index (χ3n) is 3.89. The smallest absolute Gasteiger partial charge is 0.224 e. The molecule has 1 saturated heterocycles. The SMILES string of the molecule is CCOCc1ccccc1CNC(=O)[C@@H]1CNC[C@H]1C. The summed E-state index contributed by atoms with van der Waals surface area (Å²) in [6.07, 6.45) is 0. The van der Waals surface area contributed by atoms with Crippen LogP contribution in [0.5, 0.6) is 0 Å². The predicted molar refractivity (Wildman–Crippen MR) is 79.1 cm³/mol. The zero-order valence-corrected chi connectivity index (χ0v) is 12.3. The van der Waals surface area contributed by atoms with Gasteiger partial charge in [0.15, 0.2) is 0 Å². The van der Waals surface area contributed by atoms with Crippen molar-refractivity contribution < 1.29 is 9.53 Å². The standard InChI is InChI=1S/C16H24N2O2/c1-3-20-11-14-7-5-4-6-13(14)9-18-16(19)15-10-17-8-12(15)2/h4-7,12,15,17H,3,8-11H2,1-2H3,(H,18,19)/t12-,15-/m1/s1. The lowest BCUT2D eigenvalue weighted by atomic mass is 9.97. The van der Waals surface area contributed by atoms with E-state index in [-0.39, 0.29) is 11.8 Å². The van der Waals surface area contributed by atoms with Gasteiger partial charge in [-0.25, -0.2) is 0 Å². The van der Waals surface area contributed by atoms with Crippen molar-refractivity contribution in [1.82, 2.24) is 10.6 Å². The van der Waals surface area contributed by atoms with E-state index in [1.807, 2.05) is 25.1 Å². The van der Waals surface area contributed by atoms with Gasteiger partial charge in [0.2, 0.25) is 5.91 Å². The molecule has 1 aliphatic heterocycles. The molecule has 2 rings (SSSR count).